The molecule has 0 bridgehead atoms. The predicted octanol–water partition coefficient (Wildman–Crippen LogP) is 3.61. The Labute approximate surface area is 132 Å². The summed E-state index contributed by atoms with van der Waals surface area (Å²) < 4.78 is 29.7. The Morgan fingerprint density at radius 3 is 2.00 bits per heavy atom. The van der Waals surface area contributed by atoms with E-state index in [9.17, 15) is 8.42 Å². The molecule has 118 valence electrons. The summed E-state index contributed by atoms with van der Waals surface area (Å²) in [6.07, 6.45) is 0.522. The van der Waals surface area contributed by atoms with E-state index in [0.717, 1.165) is 22.4 Å². The van der Waals surface area contributed by atoms with Gasteiger partial charge in [0.1, 0.15) is 11.5 Å². The average molecular weight is 319 g/mol. The topological polar surface area (TPSA) is 69.4 Å². The fraction of sp³-hybridized carbons (Fsp3) is 0.294. The van der Waals surface area contributed by atoms with E-state index in [2.05, 4.69) is 0 Å². The fourth-order valence-electron chi connectivity index (χ4n) is 2.53. The van der Waals surface area contributed by atoms with Gasteiger partial charge in [-0.2, -0.15) is 0 Å². The first-order valence-electron chi connectivity index (χ1n) is 7.15. The van der Waals surface area contributed by atoms with Crippen LogP contribution in [0.2, 0.25) is 0 Å². The van der Waals surface area contributed by atoms with Gasteiger partial charge in [0.25, 0.3) is 0 Å². The summed E-state index contributed by atoms with van der Waals surface area (Å²) in [5, 5.41) is 5.32. The van der Waals surface area contributed by atoms with Crippen molar-refractivity contribution in [3.8, 4) is 11.5 Å². The average Bonchev–Trinajstić information content (AvgIpc) is 2.42. The van der Waals surface area contributed by atoms with Gasteiger partial charge in [-0.3, -0.25) is 0 Å². The number of primary sulfonamides is 1. The molecule has 0 atom stereocenters. The summed E-state index contributed by atoms with van der Waals surface area (Å²) in [6.45, 7) is 7.72. The van der Waals surface area contributed by atoms with Gasteiger partial charge in [0, 0.05) is 5.56 Å². The van der Waals surface area contributed by atoms with E-state index in [1.165, 1.54) is 0 Å². The molecule has 0 aromatic heterocycles. The van der Waals surface area contributed by atoms with E-state index in [-0.39, 0.29) is 4.90 Å². The highest BCUT2D eigenvalue weighted by Crippen LogP contribution is 2.36. The molecule has 2 aromatic carbocycles. The van der Waals surface area contributed by atoms with Crippen molar-refractivity contribution in [1.82, 2.24) is 0 Å². The molecule has 0 saturated heterocycles. The minimum absolute atomic E-state index is 0.127. The number of sulfonamides is 1. The number of para-hydroxylation sites is 1. The van der Waals surface area contributed by atoms with Gasteiger partial charge >= 0.3 is 0 Å². The molecular weight excluding hydrogens is 298 g/mol. The van der Waals surface area contributed by atoms with Gasteiger partial charge < -0.3 is 4.74 Å². The molecule has 2 rings (SSSR count). The quantitative estimate of drug-likeness (QED) is 0.936. The number of ether oxygens (including phenoxy) is 1. The Kier molecular flexibility index (Phi) is 4.58. The van der Waals surface area contributed by atoms with Crippen molar-refractivity contribution in [3.05, 3.63) is 52.6 Å². The van der Waals surface area contributed by atoms with E-state index in [4.69, 9.17) is 9.88 Å². The van der Waals surface area contributed by atoms with Gasteiger partial charge in [-0.15, -0.1) is 0 Å². The lowest BCUT2D eigenvalue weighted by Gasteiger charge is -2.18. The molecule has 0 aliphatic heterocycles. The lowest BCUT2D eigenvalue weighted by molar-refractivity contribution is 0.463. The first-order chi connectivity index (χ1) is 10.3. The standard InChI is InChI=1S/C17H21NO3S/c1-5-14-15(22(18,19)20)10-9-13(4)17(14)21-16-11(2)7-6-8-12(16)3/h6-10H,5H2,1-4H3,(H2,18,19,20). The molecule has 5 heteroatoms. The first kappa shape index (κ1) is 16.5. The van der Waals surface area contributed by atoms with Crippen LogP contribution < -0.4 is 9.88 Å². The van der Waals surface area contributed by atoms with Crippen LogP contribution in [-0.4, -0.2) is 8.42 Å². The second kappa shape index (κ2) is 6.10. The summed E-state index contributed by atoms with van der Waals surface area (Å²) in [5.74, 6) is 1.33. The second-order valence-electron chi connectivity index (χ2n) is 5.41. The molecule has 4 nitrogen and oxygen atoms in total. The monoisotopic (exact) mass is 319 g/mol. The Bertz CT molecular complexity index is 791. The van der Waals surface area contributed by atoms with Crippen LogP contribution in [0.4, 0.5) is 0 Å². The van der Waals surface area contributed by atoms with Crippen LogP contribution in [-0.2, 0) is 16.4 Å². The molecule has 0 radical (unpaired) electrons. The minimum atomic E-state index is -3.78. The molecule has 0 amide bonds. The van der Waals surface area contributed by atoms with Crippen LogP contribution in [0.5, 0.6) is 11.5 Å². The molecule has 2 aromatic rings. The van der Waals surface area contributed by atoms with Crippen molar-refractivity contribution in [3.63, 3.8) is 0 Å². The number of nitrogens with two attached hydrogens (primary N) is 1. The van der Waals surface area contributed by atoms with E-state index in [1.54, 1.807) is 12.1 Å². The highest BCUT2D eigenvalue weighted by atomic mass is 32.2. The minimum Gasteiger partial charge on any atom is -0.456 e. The molecule has 0 aliphatic carbocycles. The number of rotatable bonds is 4. The van der Waals surface area contributed by atoms with Crippen LogP contribution in [0.3, 0.4) is 0 Å². The molecule has 0 spiro atoms. The fourth-order valence-corrected chi connectivity index (χ4v) is 3.37. The lowest BCUT2D eigenvalue weighted by atomic mass is 10.1. The Morgan fingerprint density at radius 1 is 0.955 bits per heavy atom. The van der Waals surface area contributed by atoms with Crippen LogP contribution in [0.25, 0.3) is 0 Å². The van der Waals surface area contributed by atoms with Crippen molar-refractivity contribution in [1.29, 1.82) is 0 Å². The van der Waals surface area contributed by atoms with E-state index in [0.29, 0.717) is 17.7 Å². The maximum atomic E-state index is 11.8. The zero-order valence-electron chi connectivity index (χ0n) is 13.3. The molecule has 0 heterocycles. The van der Waals surface area contributed by atoms with E-state index in [1.807, 2.05) is 45.9 Å². The van der Waals surface area contributed by atoms with Gasteiger partial charge in [-0.25, -0.2) is 13.6 Å². The number of aryl methyl sites for hydroxylation is 3. The summed E-state index contributed by atoms with van der Waals surface area (Å²) in [6, 6.07) is 9.16. The van der Waals surface area contributed by atoms with Crippen LogP contribution in [0, 0.1) is 20.8 Å². The molecule has 0 unspecified atom stereocenters. The summed E-state index contributed by atoms with van der Waals surface area (Å²) >= 11 is 0. The van der Waals surface area contributed by atoms with Crippen molar-refractivity contribution in [2.24, 2.45) is 5.14 Å². The lowest BCUT2D eigenvalue weighted by Crippen LogP contribution is -2.15. The Morgan fingerprint density at radius 2 is 1.50 bits per heavy atom. The normalized spacial score (nSPS) is 11.5. The van der Waals surface area contributed by atoms with E-state index >= 15 is 0 Å². The zero-order valence-corrected chi connectivity index (χ0v) is 14.1. The highest BCUT2D eigenvalue weighted by molar-refractivity contribution is 7.89. The van der Waals surface area contributed by atoms with Crippen molar-refractivity contribution in [2.75, 3.05) is 0 Å². The van der Waals surface area contributed by atoms with E-state index < -0.39 is 10.0 Å². The SMILES string of the molecule is CCc1c(S(N)(=O)=O)ccc(C)c1Oc1c(C)cccc1C. The maximum Gasteiger partial charge on any atom is 0.238 e. The second-order valence-corrected chi connectivity index (χ2v) is 6.94. The van der Waals surface area contributed by atoms with Gasteiger partial charge in [0.15, 0.2) is 0 Å². The largest absolute Gasteiger partial charge is 0.456 e. The van der Waals surface area contributed by atoms with Crippen LogP contribution in [0.15, 0.2) is 35.2 Å². The highest BCUT2D eigenvalue weighted by Gasteiger charge is 2.20. The first-order valence-corrected chi connectivity index (χ1v) is 8.69. The third-order valence-corrected chi connectivity index (χ3v) is 4.68. The maximum absolute atomic E-state index is 11.8. The summed E-state index contributed by atoms with van der Waals surface area (Å²) in [5.41, 5.74) is 3.50. The van der Waals surface area contributed by atoms with Gasteiger partial charge in [0.2, 0.25) is 10.0 Å². The molecule has 0 fully saturated rings. The van der Waals surface area contributed by atoms with Gasteiger partial charge in [0.05, 0.1) is 4.90 Å². The van der Waals surface area contributed by atoms with Crippen molar-refractivity contribution < 1.29 is 13.2 Å². The summed E-state index contributed by atoms with van der Waals surface area (Å²) in [7, 11) is -3.78. The van der Waals surface area contributed by atoms with Crippen LogP contribution in [0.1, 0.15) is 29.2 Å². The Balaban J connectivity index is 2.65. The molecular formula is C17H21NO3S. The van der Waals surface area contributed by atoms with Gasteiger partial charge in [-0.05, 0) is 49.9 Å². The zero-order chi connectivity index (χ0) is 16.5. The Hall–Kier alpha value is -1.85. The van der Waals surface area contributed by atoms with Crippen LogP contribution >= 0.6 is 0 Å². The third-order valence-electron chi connectivity index (χ3n) is 3.69. The molecule has 2 N–H and O–H groups in total. The third kappa shape index (κ3) is 3.15. The van der Waals surface area contributed by atoms with Crippen molar-refractivity contribution >= 4 is 10.0 Å². The molecule has 22 heavy (non-hydrogen) atoms. The van der Waals surface area contributed by atoms with Gasteiger partial charge in [-0.1, -0.05) is 31.2 Å². The smallest absolute Gasteiger partial charge is 0.238 e. The molecule has 0 aliphatic rings. The number of hydrogen-bond acceptors (Lipinski definition) is 3. The number of hydrogen-bond donors (Lipinski definition) is 1. The number of benzene rings is 2. The molecule has 0 saturated carbocycles. The van der Waals surface area contributed by atoms with Crippen molar-refractivity contribution in [2.45, 2.75) is 39.0 Å². The predicted molar refractivity (Wildman–Crippen MR) is 87.9 cm³/mol. The summed E-state index contributed by atoms with van der Waals surface area (Å²) in [4.78, 5) is 0.127.